The van der Waals surface area contributed by atoms with Crippen molar-refractivity contribution in [3.05, 3.63) is 64.6 Å². The number of aryl methyl sites for hydroxylation is 1. The number of rotatable bonds is 4. The van der Waals surface area contributed by atoms with E-state index in [1.807, 2.05) is 24.3 Å². The Morgan fingerprint density at radius 1 is 1.16 bits per heavy atom. The molecular weight excluding hydrogens is 451 g/mol. The molecule has 1 aromatic carbocycles. The first-order chi connectivity index (χ1) is 11.7. The number of furan rings is 1. The Kier molecular flexibility index (Phi) is 7.07. The van der Waals surface area contributed by atoms with Gasteiger partial charge in [-0.2, -0.15) is 0 Å². The Bertz CT molecular complexity index is 861. The van der Waals surface area contributed by atoms with Gasteiger partial charge in [0.15, 0.2) is 5.96 Å². The van der Waals surface area contributed by atoms with E-state index in [2.05, 4.69) is 33.6 Å². The summed E-state index contributed by atoms with van der Waals surface area (Å²) in [4.78, 5) is 8.29. The molecule has 132 valence electrons. The number of aliphatic imine (C=N–C) groups is 1. The van der Waals surface area contributed by atoms with Crippen molar-refractivity contribution in [2.24, 2.45) is 4.99 Å². The predicted octanol–water partition coefficient (Wildman–Crippen LogP) is 4.27. The highest BCUT2D eigenvalue weighted by atomic mass is 127. The van der Waals surface area contributed by atoms with Crippen LogP contribution in [0, 0.1) is 6.92 Å². The van der Waals surface area contributed by atoms with Crippen LogP contribution in [0.4, 0.5) is 0 Å². The van der Waals surface area contributed by atoms with Crippen LogP contribution in [0.3, 0.4) is 0 Å². The lowest BCUT2D eigenvalue weighted by atomic mass is 10.1. The van der Waals surface area contributed by atoms with Gasteiger partial charge < -0.3 is 15.1 Å². The number of aromatic nitrogens is 1. The number of fused-ring (bicyclic) bond motifs is 1. The SMILES string of the molecule is CN=C(NCc1ccc(Cl)nc1)NCc1oc2ccccc2c1C.I. The summed E-state index contributed by atoms with van der Waals surface area (Å²) in [5, 5.41) is 8.14. The molecule has 0 bridgehead atoms. The second kappa shape index (κ2) is 9.05. The van der Waals surface area contributed by atoms with Crippen molar-refractivity contribution in [1.82, 2.24) is 15.6 Å². The van der Waals surface area contributed by atoms with E-state index in [9.17, 15) is 0 Å². The highest BCUT2D eigenvalue weighted by molar-refractivity contribution is 14.0. The van der Waals surface area contributed by atoms with Gasteiger partial charge >= 0.3 is 0 Å². The van der Waals surface area contributed by atoms with Gasteiger partial charge in [0.25, 0.3) is 0 Å². The number of hydrogen-bond acceptors (Lipinski definition) is 3. The normalized spacial score (nSPS) is 11.2. The Morgan fingerprint density at radius 3 is 2.60 bits per heavy atom. The summed E-state index contributed by atoms with van der Waals surface area (Å²) in [5.74, 6) is 1.61. The van der Waals surface area contributed by atoms with E-state index in [-0.39, 0.29) is 24.0 Å². The predicted molar refractivity (Wildman–Crippen MR) is 113 cm³/mol. The zero-order chi connectivity index (χ0) is 16.9. The molecule has 2 heterocycles. The summed E-state index contributed by atoms with van der Waals surface area (Å²) in [5.41, 5.74) is 3.08. The molecule has 0 saturated carbocycles. The smallest absolute Gasteiger partial charge is 0.191 e. The molecule has 7 heteroatoms. The van der Waals surface area contributed by atoms with E-state index < -0.39 is 0 Å². The largest absolute Gasteiger partial charge is 0.459 e. The van der Waals surface area contributed by atoms with Crippen LogP contribution in [0.5, 0.6) is 0 Å². The monoisotopic (exact) mass is 470 g/mol. The fourth-order valence-electron chi connectivity index (χ4n) is 2.48. The molecule has 0 spiro atoms. The number of guanidine groups is 1. The van der Waals surface area contributed by atoms with Crippen molar-refractivity contribution in [1.29, 1.82) is 0 Å². The lowest BCUT2D eigenvalue weighted by Crippen LogP contribution is -2.36. The minimum atomic E-state index is 0. The molecule has 0 fully saturated rings. The number of nitrogens with zero attached hydrogens (tertiary/aromatic N) is 2. The number of nitrogens with one attached hydrogen (secondary N) is 2. The number of hydrogen-bond donors (Lipinski definition) is 2. The Morgan fingerprint density at radius 2 is 1.92 bits per heavy atom. The fourth-order valence-corrected chi connectivity index (χ4v) is 2.59. The van der Waals surface area contributed by atoms with Crippen LogP contribution in [-0.4, -0.2) is 18.0 Å². The zero-order valence-electron chi connectivity index (χ0n) is 14.0. The molecular formula is C18H20ClIN4O. The molecule has 0 radical (unpaired) electrons. The maximum atomic E-state index is 5.90. The summed E-state index contributed by atoms with van der Waals surface area (Å²) in [6.45, 7) is 3.25. The van der Waals surface area contributed by atoms with Crippen molar-refractivity contribution in [3.8, 4) is 0 Å². The number of halogens is 2. The molecule has 2 N–H and O–H groups in total. The first-order valence-electron chi connectivity index (χ1n) is 7.69. The van der Waals surface area contributed by atoms with E-state index in [0.29, 0.717) is 24.2 Å². The average molecular weight is 471 g/mol. The van der Waals surface area contributed by atoms with Crippen LogP contribution in [0.15, 0.2) is 52.0 Å². The topological polar surface area (TPSA) is 62.5 Å². The van der Waals surface area contributed by atoms with Gasteiger partial charge in [-0.15, -0.1) is 24.0 Å². The molecule has 0 amide bonds. The van der Waals surface area contributed by atoms with E-state index in [0.717, 1.165) is 27.9 Å². The van der Waals surface area contributed by atoms with Crippen molar-refractivity contribution in [2.75, 3.05) is 7.05 Å². The van der Waals surface area contributed by atoms with Gasteiger partial charge in [0.2, 0.25) is 0 Å². The molecule has 0 saturated heterocycles. The van der Waals surface area contributed by atoms with E-state index in [4.69, 9.17) is 16.0 Å². The molecule has 3 rings (SSSR count). The van der Waals surface area contributed by atoms with Crippen LogP contribution in [0.1, 0.15) is 16.9 Å². The number of para-hydroxylation sites is 1. The third-order valence-corrected chi connectivity index (χ3v) is 4.05. The lowest BCUT2D eigenvalue weighted by Gasteiger charge is -2.11. The number of pyridine rings is 1. The molecule has 0 aliphatic rings. The first kappa shape index (κ1) is 19.5. The van der Waals surface area contributed by atoms with Gasteiger partial charge in [0.1, 0.15) is 16.5 Å². The highest BCUT2D eigenvalue weighted by Gasteiger charge is 2.10. The third kappa shape index (κ3) is 4.85. The second-order valence-electron chi connectivity index (χ2n) is 5.41. The van der Waals surface area contributed by atoms with Crippen LogP contribution >= 0.6 is 35.6 Å². The summed E-state index contributed by atoms with van der Waals surface area (Å²) in [7, 11) is 1.74. The number of benzene rings is 1. The minimum absolute atomic E-state index is 0. The molecule has 3 aromatic rings. The molecule has 0 atom stereocenters. The molecule has 2 aromatic heterocycles. The van der Waals surface area contributed by atoms with E-state index in [1.54, 1.807) is 19.3 Å². The standard InChI is InChI=1S/C18H19ClN4O.HI/c1-12-14-5-3-4-6-15(14)24-16(12)11-23-18(20-2)22-10-13-7-8-17(19)21-9-13;/h3-9H,10-11H2,1-2H3,(H2,20,22,23);1H. The van der Waals surface area contributed by atoms with Gasteiger partial charge in [0.05, 0.1) is 6.54 Å². The van der Waals surface area contributed by atoms with Crippen molar-refractivity contribution in [3.63, 3.8) is 0 Å². The quantitative estimate of drug-likeness (QED) is 0.259. The second-order valence-corrected chi connectivity index (χ2v) is 5.80. The summed E-state index contributed by atoms with van der Waals surface area (Å²) in [6.07, 6.45) is 1.74. The van der Waals surface area contributed by atoms with E-state index >= 15 is 0 Å². The molecule has 5 nitrogen and oxygen atoms in total. The van der Waals surface area contributed by atoms with Crippen LogP contribution in [0.25, 0.3) is 11.0 Å². The highest BCUT2D eigenvalue weighted by Crippen LogP contribution is 2.24. The van der Waals surface area contributed by atoms with Crippen LogP contribution in [-0.2, 0) is 13.1 Å². The van der Waals surface area contributed by atoms with Gasteiger partial charge in [-0.25, -0.2) is 4.98 Å². The maximum Gasteiger partial charge on any atom is 0.191 e. The molecule has 0 aliphatic carbocycles. The summed E-state index contributed by atoms with van der Waals surface area (Å²) in [6, 6.07) is 11.7. The Labute approximate surface area is 168 Å². The zero-order valence-corrected chi connectivity index (χ0v) is 17.1. The van der Waals surface area contributed by atoms with Crippen molar-refractivity contribution in [2.45, 2.75) is 20.0 Å². The van der Waals surface area contributed by atoms with E-state index in [1.165, 1.54) is 0 Å². The van der Waals surface area contributed by atoms with Crippen LogP contribution in [0.2, 0.25) is 5.15 Å². The average Bonchev–Trinajstić information content (AvgIpc) is 2.93. The lowest BCUT2D eigenvalue weighted by molar-refractivity contribution is 0.534. The van der Waals surface area contributed by atoms with Crippen molar-refractivity contribution < 1.29 is 4.42 Å². The first-order valence-corrected chi connectivity index (χ1v) is 8.07. The molecule has 25 heavy (non-hydrogen) atoms. The van der Waals surface area contributed by atoms with Gasteiger partial charge in [-0.1, -0.05) is 35.9 Å². The minimum Gasteiger partial charge on any atom is -0.459 e. The van der Waals surface area contributed by atoms with Gasteiger partial charge in [-0.05, 0) is 24.6 Å². The van der Waals surface area contributed by atoms with Crippen molar-refractivity contribution >= 4 is 52.5 Å². The summed E-state index contributed by atoms with van der Waals surface area (Å²) < 4.78 is 5.90. The Hall–Kier alpha value is -1.80. The molecule has 0 unspecified atom stereocenters. The van der Waals surface area contributed by atoms with Gasteiger partial charge in [0, 0.05) is 30.7 Å². The molecule has 0 aliphatic heterocycles. The van der Waals surface area contributed by atoms with Gasteiger partial charge in [-0.3, -0.25) is 4.99 Å². The maximum absolute atomic E-state index is 5.90. The van der Waals surface area contributed by atoms with Crippen LogP contribution < -0.4 is 10.6 Å². The third-order valence-electron chi connectivity index (χ3n) is 3.83. The Balaban J connectivity index is 0.00000225. The fraction of sp³-hybridized carbons (Fsp3) is 0.222. The summed E-state index contributed by atoms with van der Waals surface area (Å²) >= 11 is 5.79.